The lowest BCUT2D eigenvalue weighted by Crippen LogP contribution is -2.04. The van der Waals surface area contributed by atoms with Crippen molar-refractivity contribution in [3.05, 3.63) is 24.8 Å². The van der Waals surface area contributed by atoms with Gasteiger partial charge in [-0.3, -0.25) is 4.79 Å². The van der Waals surface area contributed by atoms with Crippen molar-refractivity contribution in [1.29, 1.82) is 0 Å². The fourth-order valence-electron chi connectivity index (χ4n) is 0.221. The molecule has 1 atom stereocenters. The smallest absolute Gasteiger partial charge is 0.148 e. The Morgan fingerprint density at radius 3 is 2.38 bits per heavy atom. The van der Waals surface area contributed by atoms with Crippen LogP contribution in [0.1, 0.15) is 0 Å². The maximum Gasteiger partial charge on any atom is 0.148 e. The van der Waals surface area contributed by atoms with Crippen molar-refractivity contribution in [1.82, 2.24) is 0 Å². The summed E-state index contributed by atoms with van der Waals surface area (Å²) in [7, 11) is 0. The maximum atomic E-state index is 9.80. The molecule has 1 N–H and O–H groups in total. The van der Waals surface area contributed by atoms with Crippen LogP contribution < -0.4 is 0 Å². The maximum absolute atomic E-state index is 9.80. The molecule has 2 nitrogen and oxygen atoms in total. The van der Waals surface area contributed by atoms with Gasteiger partial charge in [-0.05, 0) is 0 Å². The van der Waals surface area contributed by atoms with Crippen LogP contribution in [0.25, 0.3) is 0 Å². The van der Waals surface area contributed by atoms with Gasteiger partial charge < -0.3 is 5.11 Å². The Morgan fingerprint density at radius 2 is 2.25 bits per heavy atom. The summed E-state index contributed by atoms with van der Waals surface area (Å²) >= 11 is 0. The number of carbonyl (C=O) groups excluding carboxylic acids is 1. The predicted octanol–water partition coefficient (Wildman–Crippen LogP) is 0.288. The zero-order valence-corrected chi connectivity index (χ0v) is 4.50. The first-order valence-corrected chi connectivity index (χ1v) is 2.17. The molecular formula is C6H8O2. The van der Waals surface area contributed by atoms with Gasteiger partial charge in [-0.15, -0.1) is 6.58 Å². The summed E-state index contributed by atoms with van der Waals surface area (Å²) in [6.45, 7) is 6.51. The van der Waals surface area contributed by atoms with Gasteiger partial charge in [-0.2, -0.15) is 0 Å². The summed E-state index contributed by atoms with van der Waals surface area (Å²) < 4.78 is 0. The van der Waals surface area contributed by atoms with Crippen molar-refractivity contribution in [3.63, 3.8) is 0 Å². The lowest BCUT2D eigenvalue weighted by molar-refractivity contribution is -0.105. The number of carbonyl (C=O) groups is 1. The van der Waals surface area contributed by atoms with Crippen molar-refractivity contribution in [3.8, 4) is 0 Å². The highest BCUT2D eigenvalue weighted by atomic mass is 16.3. The SMILES string of the molecule is C=CC(O)C(=C)C=O. The van der Waals surface area contributed by atoms with E-state index >= 15 is 0 Å². The van der Waals surface area contributed by atoms with Crippen molar-refractivity contribution in [2.75, 3.05) is 0 Å². The number of rotatable bonds is 3. The van der Waals surface area contributed by atoms with Crippen molar-refractivity contribution < 1.29 is 9.90 Å². The molecule has 2 heteroatoms. The summed E-state index contributed by atoms with van der Waals surface area (Å²) in [5.41, 5.74) is 0.139. The average molecular weight is 112 g/mol. The van der Waals surface area contributed by atoms with Gasteiger partial charge in [-0.1, -0.05) is 12.7 Å². The number of hydrogen-bond donors (Lipinski definition) is 1. The Bertz CT molecular complexity index is 116. The van der Waals surface area contributed by atoms with E-state index in [9.17, 15) is 4.79 Å². The van der Waals surface area contributed by atoms with Gasteiger partial charge in [0.2, 0.25) is 0 Å². The molecule has 0 aromatic rings. The van der Waals surface area contributed by atoms with Crippen LogP contribution in [0.3, 0.4) is 0 Å². The minimum absolute atomic E-state index is 0.139. The monoisotopic (exact) mass is 112 g/mol. The van der Waals surface area contributed by atoms with E-state index in [1.54, 1.807) is 0 Å². The highest BCUT2D eigenvalue weighted by Gasteiger charge is 1.99. The molecule has 0 rings (SSSR count). The Hall–Kier alpha value is -0.890. The summed E-state index contributed by atoms with van der Waals surface area (Å²) in [4.78, 5) is 9.80. The van der Waals surface area contributed by atoms with E-state index in [0.29, 0.717) is 6.29 Å². The number of aldehydes is 1. The summed E-state index contributed by atoms with van der Waals surface area (Å²) in [5, 5.41) is 8.68. The van der Waals surface area contributed by atoms with Crippen molar-refractivity contribution >= 4 is 6.29 Å². The van der Waals surface area contributed by atoms with E-state index in [-0.39, 0.29) is 5.57 Å². The summed E-state index contributed by atoms with van der Waals surface area (Å²) in [5.74, 6) is 0. The molecule has 1 unspecified atom stereocenters. The van der Waals surface area contributed by atoms with Crippen LogP contribution in [0.15, 0.2) is 24.8 Å². The van der Waals surface area contributed by atoms with Gasteiger partial charge in [0.15, 0.2) is 0 Å². The van der Waals surface area contributed by atoms with Gasteiger partial charge in [0.25, 0.3) is 0 Å². The zero-order valence-electron chi connectivity index (χ0n) is 4.50. The molecule has 0 aromatic heterocycles. The molecule has 0 amide bonds. The standard InChI is InChI=1S/C6H8O2/c1-3-6(8)5(2)4-7/h3-4,6,8H,1-2H2. The van der Waals surface area contributed by atoms with E-state index in [1.165, 1.54) is 6.08 Å². The van der Waals surface area contributed by atoms with E-state index in [0.717, 1.165) is 0 Å². The molecular weight excluding hydrogens is 104 g/mol. The number of aliphatic hydroxyl groups excluding tert-OH is 1. The molecule has 0 aliphatic heterocycles. The van der Waals surface area contributed by atoms with Gasteiger partial charge in [0, 0.05) is 5.57 Å². The van der Waals surface area contributed by atoms with Gasteiger partial charge in [0.05, 0.1) is 6.10 Å². The van der Waals surface area contributed by atoms with Crippen LogP contribution in [-0.2, 0) is 4.79 Å². The van der Waals surface area contributed by atoms with E-state index in [2.05, 4.69) is 13.2 Å². The van der Waals surface area contributed by atoms with E-state index < -0.39 is 6.10 Å². The van der Waals surface area contributed by atoms with Crippen molar-refractivity contribution in [2.24, 2.45) is 0 Å². The fraction of sp³-hybridized carbons (Fsp3) is 0.167. The van der Waals surface area contributed by atoms with Crippen LogP contribution in [0.4, 0.5) is 0 Å². The minimum Gasteiger partial charge on any atom is -0.384 e. The van der Waals surface area contributed by atoms with E-state index in [1.807, 2.05) is 0 Å². The Labute approximate surface area is 48.1 Å². The van der Waals surface area contributed by atoms with Gasteiger partial charge >= 0.3 is 0 Å². The van der Waals surface area contributed by atoms with Crippen LogP contribution in [-0.4, -0.2) is 17.5 Å². The Kier molecular flexibility index (Phi) is 2.80. The highest BCUT2D eigenvalue weighted by molar-refractivity contribution is 5.74. The van der Waals surface area contributed by atoms with Crippen LogP contribution in [0.2, 0.25) is 0 Å². The minimum atomic E-state index is -0.882. The van der Waals surface area contributed by atoms with Crippen LogP contribution in [0, 0.1) is 0 Å². The molecule has 0 radical (unpaired) electrons. The molecule has 8 heavy (non-hydrogen) atoms. The number of aliphatic hydroxyl groups is 1. The topological polar surface area (TPSA) is 37.3 Å². The third-order valence-electron chi connectivity index (χ3n) is 0.755. The molecule has 0 aliphatic carbocycles. The number of hydrogen-bond acceptors (Lipinski definition) is 2. The normalized spacial score (nSPS) is 12.1. The third kappa shape index (κ3) is 1.71. The molecule has 44 valence electrons. The van der Waals surface area contributed by atoms with Crippen molar-refractivity contribution in [2.45, 2.75) is 6.10 Å². The first kappa shape index (κ1) is 7.11. The average Bonchev–Trinajstić information content (AvgIpc) is 1.84. The molecule has 0 aliphatic rings. The van der Waals surface area contributed by atoms with Gasteiger partial charge in [-0.25, -0.2) is 0 Å². The molecule has 0 bridgehead atoms. The second-order valence-electron chi connectivity index (χ2n) is 1.37. The highest BCUT2D eigenvalue weighted by Crippen LogP contribution is 1.93. The van der Waals surface area contributed by atoms with Gasteiger partial charge in [0.1, 0.15) is 6.29 Å². The molecule has 0 saturated heterocycles. The lowest BCUT2D eigenvalue weighted by Gasteiger charge is -1.98. The molecule has 0 saturated carbocycles. The second-order valence-corrected chi connectivity index (χ2v) is 1.37. The molecule has 0 spiro atoms. The first-order valence-electron chi connectivity index (χ1n) is 2.17. The second kappa shape index (κ2) is 3.16. The van der Waals surface area contributed by atoms with Crippen LogP contribution in [0.5, 0.6) is 0 Å². The lowest BCUT2D eigenvalue weighted by atomic mass is 10.2. The summed E-state index contributed by atoms with van der Waals surface area (Å²) in [6, 6.07) is 0. The molecule has 0 heterocycles. The Morgan fingerprint density at radius 1 is 1.75 bits per heavy atom. The Balaban J connectivity index is 3.80. The van der Waals surface area contributed by atoms with Crippen LogP contribution >= 0.6 is 0 Å². The first-order chi connectivity index (χ1) is 3.72. The molecule has 0 aromatic carbocycles. The third-order valence-corrected chi connectivity index (χ3v) is 0.755. The zero-order chi connectivity index (χ0) is 6.57. The largest absolute Gasteiger partial charge is 0.384 e. The van der Waals surface area contributed by atoms with E-state index in [4.69, 9.17) is 5.11 Å². The quantitative estimate of drug-likeness (QED) is 0.323. The fourth-order valence-corrected chi connectivity index (χ4v) is 0.221. The summed E-state index contributed by atoms with van der Waals surface area (Å²) in [6.07, 6.45) is 0.871. The molecule has 0 fully saturated rings. The predicted molar refractivity (Wildman–Crippen MR) is 31.4 cm³/mol.